The van der Waals surface area contributed by atoms with Crippen LogP contribution in [0.15, 0.2) is 0 Å². The maximum absolute atomic E-state index is 12.6. The molecule has 3 N–H and O–H groups in total. The van der Waals surface area contributed by atoms with Crippen molar-refractivity contribution in [2.75, 3.05) is 0 Å². The van der Waals surface area contributed by atoms with Gasteiger partial charge in [0.2, 0.25) is 5.91 Å². The van der Waals surface area contributed by atoms with Gasteiger partial charge in [-0.05, 0) is 31.1 Å². The van der Waals surface area contributed by atoms with Gasteiger partial charge >= 0.3 is 0 Å². The van der Waals surface area contributed by atoms with Crippen LogP contribution in [0.2, 0.25) is 0 Å². The summed E-state index contributed by atoms with van der Waals surface area (Å²) in [5.41, 5.74) is 6.36. The Morgan fingerprint density at radius 3 is 2.47 bits per heavy atom. The molecular weight excluding hydrogens is 236 g/mol. The van der Waals surface area contributed by atoms with Gasteiger partial charge in [0, 0.05) is 18.0 Å². The van der Waals surface area contributed by atoms with E-state index in [2.05, 4.69) is 19.2 Å². The summed E-state index contributed by atoms with van der Waals surface area (Å²) in [5.74, 6) is 0.434. The monoisotopic (exact) mass is 266 g/mol. The van der Waals surface area contributed by atoms with E-state index in [-0.39, 0.29) is 29.3 Å². The van der Waals surface area contributed by atoms with E-state index in [1.165, 1.54) is 38.5 Å². The molecule has 1 amide bonds. The van der Waals surface area contributed by atoms with E-state index in [9.17, 15) is 4.79 Å². The van der Waals surface area contributed by atoms with Crippen molar-refractivity contribution in [1.82, 2.24) is 5.32 Å². The van der Waals surface area contributed by atoms with E-state index in [1.54, 1.807) is 0 Å². The Balaban J connectivity index is 1.95. The number of carbonyl (C=O) groups excluding carboxylic acids is 1. The van der Waals surface area contributed by atoms with Crippen LogP contribution in [-0.4, -0.2) is 18.0 Å². The van der Waals surface area contributed by atoms with E-state index in [0.29, 0.717) is 0 Å². The number of hydrogen-bond acceptors (Lipinski definition) is 2. The molecule has 3 atom stereocenters. The Morgan fingerprint density at radius 2 is 1.74 bits per heavy atom. The van der Waals surface area contributed by atoms with Crippen molar-refractivity contribution in [3.63, 3.8) is 0 Å². The normalized spacial score (nSPS) is 35.4. The van der Waals surface area contributed by atoms with E-state index in [1.807, 2.05) is 0 Å². The van der Waals surface area contributed by atoms with E-state index < -0.39 is 0 Å². The maximum atomic E-state index is 12.6. The van der Waals surface area contributed by atoms with Gasteiger partial charge in [-0.15, -0.1) is 0 Å². The highest BCUT2D eigenvalue weighted by Crippen LogP contribution is 2.40. The summed E-state index contributed by atoms with van der Waals surface area (Å²) in [6.45, 7) is 4.48. The molecule has 0 aromatic carbocycles. The molecule has 2 saturated carbocycles. The Hall–Kier alpha value is -0.570. The minimum atomic E-state index is 0.150. The molecule has 0 saturated heterocycles. The lowest BCUT2D eigenvalue weighted by Gasteiger charge is -2.38. The smallest absolute Gasteiger partial charge is 0.223 e. The average Bonchev–Trinajstić information content (AvgIpc) is 2.54. The highest BCUT2D eigenvalue weighted by Gasteiger charge is 2.38. The third-order valence-electron chi connectivity index (χ3n) is 5.22. The molecule has 19 heavy (non-hydrogen) atoms. The molecule has 3 heteroatoms. The lowest BCUT2D eigenvalue weighted by atomic mass is 9.68. The van der Waals surface area contributed by atoms with Crippen LogP contribution in [0, 0.1) is 11.3 Å². The predicted octanol–water partition coefficient (Wildman–Crippen LogP) is 2.98. The van der Waals surface area contributed by atoms with Gasteiger partial charge in [-0.2, -0.15) is 0 Å². The number of nitrogens with two attached hydrogens (primary N) is 1. The fraction of sp³-hybridized carbons (Fsp3) is 0.938. The average molecular weight is 266 g/mol. The molecule has 2 rings (SSSR count). The molecule has 110 valence electrons. The molecule has 0 aromatic heterocycles. The summed E-state index contributed by atoms with van der Waals surface area (Å²) in [7, 11) is 0. The van der Waals surface area contributed by atoms with Crippen molar-refractivity contribution < 1.29 is 4.79 Å². The molecule has 0 heterocycles. The van der Waals surface area contributed by atoms with E-state index >= 15 is 0 Å². The van der Waals surface area contributed by atoms with Crippen LogP contribution >= 0.6 is 0 Å². The van der Waals surface area contributed by atoms with E-state index in [0.717, 1.165) is 19.3 Å². The first kappa shape index (κ1) is 14.8. The molecule has 2 aliphatic carbocycles. The maximum Gasteiger partial charge on any atom is 0.223 e. The van der Waals surface area contributed by atoms with Gasteiger partial charge in [-0.3, -0.25) is 4.79 Å². The van der Waals surface area contributed by atoms with Gasteiger partial charge in [-0.1, -0.05) is 46.0 Å². The van der Waals surface area contributed by atoms with Crippen molar-refractivity contribution in [3.8, 4) is 0 Å². The third-order valence-corrected chi connectivity index (χ3v) is 5.22. The third kappa shape index (κ3) is 3.71. The summed E-state index contributed by atoms with van der Waals surface area (Å²) in [4.78, 5) is 12.6. The van der Waals surface area contributed by atoms with Gasteiger partial charge in [0.25, 0.3) is 0 Å². The number of amides is 1. The van der Waals surface area contributed by atoms with Crippen LogP contribution < -0.4 is 11.1 Å². The Labute approximate surface area is 117 Å². The molecule has 0 aliphatic heterocycles. The molecule has 2 aliphatic rings. The second-order valence-electron chi connectivity index (χ2n) is 7.20. The van der Waals surface area contributed by atoms with Crippen LogP contribution in [-0.2, 0) is 4.79 Å². The fourth-order valence-corrected chi connectivity index (χ4v) is 3.78. The van der Waals surface area contributed by atoms with E-state index in [4.69, 9.17) is 5.73 Å². The molecule has 2 fully saturated rings. The number of hydrogen-bond donors (Lipinski definition) is 2. The lowest BCUT2D eigenvalue weighted by Crippen LogP contribution is -2.51. The quantitative estimate of drug-likeness (QED) is 0.755. The molecule has 3 nitrogen and oxygen atoms in total. The standard InChI is InChI=1S/C16H30N2O/c1-16(2)11-7-6-8-12(16)15(19)18-14-10-5-3-4-9-13(14)17/h12-14H,3-11,17H2,1-2H3,(H,18,19). The van der Waals surface area contributed by atoms with Crippen molar-refractivity contribution in [3.05, 3.63) is 0 Å². The van der Waals surface area contributed by atoms with Gasteiger partial charge in [0.15, 0.2) is 0 Å². The van der Waals surface area contributed by atoms with Gasteiger partial charge in [-0.25, -0.2) is 0 Å². The van der Waals surface area contributed by atoms with Gasteiger partial charge in [0.1, 0.15) is 0 Å². The highest BCUT2D eigenvalue weighted by atomic mass is 16.2. The molecule has 0 radical (unpaired) electrons. The zero-order chi connectivity index (χ0) is 13.9. The SMILES string of the molecule is CC1(C)CCCCC1C(=O)NC1CCCCCC1N. The topological polar surface area (TPSA) is 55.1 Å². The van der Waals surface area contributed by atoms with Crippen molar-refractivity contribution in [2.24, 2.45) is 17.1 Å². The molecule has 0 spiro atoms. The first-order valence-corrected chi connectivity index (χ1v) is 8.07. The Kier molecular flexibility index (Phi) is 4.88. The Morgan fingerprint density at radius 1 is 1.05 bits per heavy atom. The highest BCUT2D eigenvalue weighted by molar-refractivity contribution is 5.80. The van der Waals surface area contributed by atoms with Crippen LogP contribution in [0.5, 0.6) is 0 Å². The first-order valence-electron chi connectivity index (χ1n) is 8.07. The van der Waals surface area contributed by atoms with Crippen molar-refractivity contribution in [2.45, 2.75) is 83.7 Å². The summed E-state index contributed by atoms with van der Waals surface area (Å²) >= 11 is 0. The van der Waals surface area contributed by atoms with Gasteiger partial charge < -0.3 is 11.1 Å². The largest absolute Gasteiger partial charge is 0.352 e. The van der Waals surface area contributed by atoms with Crippen molar-refractivity contribution in [1.29, 1.82) is 0 Å². The summed E-state index contributed by atoms with van der Waals surface area (Å²) in [6, 6.07) is 0.353. The molecule has 0 bridgehead atoms. The van der Waals surface area contributed by atoms with Gasteiger partial charge in [0.05, 0.1) is 0 Å². The summed E-state index contributed by atoms with van der Waals surface area (Å²) in [6.07, 6.45) is 10.4. The van der Waals surface area contributed by atoms with Crippen LogP contribution in [0.4, 0.5) is 0 Å². The first-order chi connectivity index (χ1) is 9.00. The second-order valence-corrected chi connectivity index (χ2v) is 7.20. The molecule has 3 unspecified atom stereocenters. The summed E-state index contributed by atoms with van der Waals surface area (Å²) < 4.78 is 0. The predicted molar refractivity (Wildman–Crippen MR) is 78.7 cm³/mol. The van der Waals surface area contributed by atoms with Crippen molar-refractivity contribution >= 4 is 5.91 Å². The Bertz CT molecular complexity index is 314. The van der Waals surface area contributed by atoms with Crippen LogP contribution in [0.25, 0.3) is 0 Å². The minimum absolute atomic E-state index is 0.150. The molecule has 0 aromatic rings. The minimum Gasteiger partial charge on any atom is -0.352 e. The molecular formula is C16H30N2O. The van der Waals surface area contributed by atoms with Crippen LogP contribution in [0.1, 0.15) is 71.6 Å². The zero-order valence-electron chi connectivity index (χ0n) is 12.6. The number of carbonyl (C=O) groups is 1. The second kappa shape index (κ2) is 6.25. The summed E-state index contributed by atoms with van der Waals surface area (Å²) in [5, 5.41) is 3.27. The van der Waals surface area contributed by atoms with Crippen LogP contribution in [0.3, 0.4) is 0 Å². The number of nitrogens with one attached hydrogen (secondary N) is 1. The lowest BCUT2D eigenvalue weighted by molar-refractivity contribution is -0.131. The number of rotatable bonds is 2. The fourth-order valence-electron chi connectivity index (χ4n) is 3.78. The zero-order valence-corrected chi connectivity index (χ0v) is 12.6.